The molecule has 53 heteroatoms. The number of aromatic nitrogens is 12. The SMILES string of the molecule is CC(=O)NCCN(CC(=O)NCCN(CC(=O)NCCN(CC(=O)NCCN(CC(=O)NCCN(CC(=O)NCCN(CC(=O)N[C@@H](CCCCN)C(N)=O)C(=O)Cn1cc(C)c(=O)[nH]c1=O)C(=O)Cn1cc(C)c(=O)[nH]c1=O)C(=O)Cn1cc(C)c(=O)[nH]c1=O)C(=O)Cn1cc(C)c(=O)[nH]c1=O)C(=O)Cn1cc(C)c(=O)[nH]c1=O)C(=O)Cn1cc(C)c(=O)[nH]c1=O. The summed E-state index contributed by atoms with van der Waals surface area (Å²) in [6.07, 6.45) is 7.38. The third-order valence-corrected chi connectivity index (χ3v) is 19.0. The molecule has 688 valence electrons. The van der Waals surface area contributed by atoms with Crippen LogP contribution < -0.4 is 116 Å². The smallest absolute Gasteiger partial charge is 0.328 e. The molecular formula is C74H101N27O26. The van der Waals surface area contributed by atoms with E-state index in [1.165, 1.54) is 48.5 Å². The Morgan fingerprint density at radius 2 is 0.496 bits per heavy atom. The highest BCUT2D eigenvalue weighted by molar-refractivity contribution is 5.91. The van der Waals surface area contributed by atoms with Crippen molar-refractivity contribution in [2.24, 2.45) is 11.5 Å². The van der Waals surface area contributed by atoms with E-state index in [0.717, 1.165) is 94.0 Å². The fourth-order valence-electron chi connectivity index (χ4n) is 12.0. The molecule has 0 fully saturated rings. The number of primary amides is 1. The molecule has 6 heterocycles. The van der Waals surface area contributed by atoms with E-state index < -0.39 is 300 Å². The van der Waals surface area contributed by atoms with Crippen LogP contribution in [0, 0.1) is 41.5 Å². The lowest BCUT2D eigenvalue weighted by molar-refractivity contribution is -0.138. The topological polar surface area (TPSA) is 724 Å². The fraction of sp³-hybridized carbons (Fsp3) is 0.486. The standard InChI is InChI=1S/C74H101N27O26/c1-42-24-96(69(122)84-63(42)116)36-56(109)90(18-12-77-48(7)102)30-50(103)78-13-19-91(57(110)37-97-25-43(2)64(117)85-70(97)123)31-51(104)79-14-20-92(58(111)38-98-26-44(3)65(118)86-71(98)124)32-52(105)80-15-21-93(59(112)39-99-27-45(4)66(119)87-72(99)125)33-53(106)81-16-22-94(60(113)40-100-28-46(5)67(120)88-73(100)126)34-54(107)82-17-23-95(35-55(108)83-49(62(76)115)10-8-9-11-75)61(114)41-101-29-47(6)68(121)89-74(101)127/h24-29,49H,8-23,30-41,75H2,1-7H3,(H2,76,115)(H,77,102)(H,78,103)(H,79,104)(H,80,105)(H,81,106)(H,82,107)(H,83,108)(H,84,116,122)(H,85,117,123)(H,86,118,124)(H,87,119,125)(H,88,120,126)(H,89,121,127)/t49-/m0/s1. The summed E-state index contributed by atoms with van der Waals surface area (Å²) in [4.78, 5) is 358. The van der Waals surface area contributed by atoms with Crippen LogP contribution in [-0.2, 0) is 106 Å². The van der Waals surface area contributed by atoms with E-state index >= 15 is 0 Å². The van der Waals surface area contributed by atoms with Crippen LogP contribution in [0.4, 0.5) is 0 Å². The van der Waals surface area contributed by atoms with Crippen LogP contribution in [0.1, 0.15) is 59.6 Å². The van der Waals surface area contributed by atoms with Crippen LogP contribution in [0.15, 0.2) is 94.7 Å². The Bertz CT molecular complexity index is 5920. The number of aryl methyl sites for hydroxylation is 6. The molecule has 6 aromatic heterocycles. The van der Waals surface area contributed by atoms with Crippen LogP contribution >= 0.6 is 0 Å². The number of carbonyl (C=O) groups is 14. The minimum absolute atomic E-state index is 0.00458. The van der Waals surface area contributed by atoms with E-state index in [9.17, 15) is 125 Å². The van der Waals surface area contributed by atoms with Gasteiger partial charge in [-0.3, -0.25) is 153 Å². The van der Waals surface area contributed by atoms with E-state index in [1.54, 1.807) is 0 Å². The molecule has 6 aromatic rings. The van der Waals surface area contributed by atoms with Crippen LogP contribution in [0.5, 0.6) is 0 Å². The minimum atomic E-state index is -1.19. The van der Waals surface area contributed by atoms with Crippen molar-refractivity contribution in [3.63, 3.8) is 0 Å². The molecule has 0 aliphatic rings. The number of amides is 14. The Kier molecular flexibility index (Phi) is 37.9. The van der Waals surface area contributed by atoms with Crippen LogP contribution in [0.2, 0.25) is 0 Å². The van der Waals surface area contributed by atoms with Crippen molar-refractivity contribution in [1.29, 1.82) is 0 Å². The van der Waals surface area contributed by atoms with Crippen molar-refractivity contribution < 1.29 is 67.1 Å². The van der Waals surface area contributed by atoms with Crippen molar-refractivity contribution in [2.75, 3.05) is 124 Å². The predicted molar refractivity (Wildman–Crippen MR) is 444 cm³/mol. The summed E-state index contributed by atoms with van der Waals surface area (Å²) >= 11 is 0. The lowest BCUT2D eigenvalue weighted by Gasteiger charge is -2.26. The summed E-state index contributed by atoms with van der Waals surface area (Å²) in [6, 6.07) is -1.19. The minimum Gasteiger partial charge on any atom is -0.368 e. The Morgan fingerprint density at radius 3 is 0.677 bits per heavy atom. The summed E-state index contributed by atoms with van der Waals surface area (Å²) in [5, 5.41) is 17.4. The molecule has 0 spiro atoms. The number of nitrogens with zero attached hydrogens (tertiary/aromatic N) is 12. The van der Waals surface area contributed by atoms with Gasteiger partial charge in [-0.05, 0) is 67.3 Å². The van der Waals surface area contributed by atoms with Gasteiger partial charge in [-0.2, -0.15) is 0 Å². The summed E-state index contributed by atoms with van der Waals surface area (Å²) in [5.41, 5.74) is 0.521. The van der Waals surface area contributed by atoms with Gasteiger partial charge in [0.15, 0.2) is 0 Å². The molecule has 127 heavy (non-hydrogen) atoms. The molecule has 0 aromatic carbocycles. The zero-order valence-electron chi connectivity index (χ0n) is 70.5. The molecule has 0 unspecified atom stereocenters. The first kappa shape index (κ1) is 100. The normalized spacial score (nSPS) is 11.1. The predicted octanol–water partition coefficient (Wildman–Crippen LogP) is -14.1. The molecule has 6 rings (SSSR count). The number of unbranched alkanes of at least 4 members (excludes halogenated alkanes) is 1. The second kappa shape index (κ2) is 47.9. The molecule has 53 nitrogen and oxygen atoms in total. The van der Waals surface area contributed by atoms with Crippen molar-refractivity contribution in [3.8, 4) is 0 Å². The zero-order valence-corrected chi connectivity index (χ0v) is 70.5. The van der Waals surface area contributed by atoms with Gasteiger partial charge in [-0.1, -0.05) is 0 Å². The summed E-state index contributed by atoms with van der Waals surface area (Å²) in [6.45, 7) is -5.74. The number of aromatic amines is 6. The van der Waals surface area contributed by atoms with Gasteiger partial charge >= 0.3 is 34.1 Å². The summed E-state index contributed by atoms with van der Waals surface area (Å²) in [5.74, 6) is -12.6. The molecule has 14 amide bonds. The quantitative estimate of drug-likeness (QED) is 0.0158. The number of hydrogen-bond donors (Lipinski definition) is 15. The van der Waals surface area contributed by atoms with Gasteiger partial charge in [0.1, 0.15) is 45.3 Å². The second-order valence-corrected chi connectivity index (χ2v) is 29.1. The maximum absolute atomic E-state index is 14.2. The van der Waals surface area contributed by atoms with E-state index in [0.29, 0.717) is 12.8 Å². The molecule has 0 saturated carbocycles. The Labute approximate surface area is 715 Å². The summed E-state index contributed by atoms with van der Waals surface area (Å²) < 4.78 is 4.98. The van der Waals surface area contributed by atoms with Gasteiger partial charge < -0.3 is 78.1 Å². The largest absolute Gasteiger partial charge is 0.368 e. The number of nitrogens with two attached hydrogens (primary N) is 2. The van der Waals surface area contributed by atoms with Crippen LogP contribution in [0.3, 0.4) is 0 Å². The van der Waals surface area contributed by atoms with Gasteiger partial charge in [-0.15, -0.1) is 0 Å². The Balaban J connectivity index is 1.18. The van der Waals surface area contributed by atoms with Crippen molar-refractivity contribution in [1.82, 2.24) is 124 Å². The monoisotopic (exact) mass is 1780 g/mol. The number of carbonyl (C=O) groups excluding carboxylic acids is 14. The molecule has 0 bridgehead atoms. The molecule has 0 aliphatic heterocycles. The van der Waals surface area contributed by atoms with Gasteiger partial charge in [0.2, 0.25) is 82.7 Å². The third-order valence-electron chi connectivity index (χ3n) is 19.0. The summed E-state index contributed by atoms with van der Waals surface area (Å²) in [7, 11) is 0. The van der Waals surface area contributed by atoms with E-state index in [4.69, 9.17) is 11.5 Å². The van der Waals surface area contributed by atoms with Gasteiger partial charge in [0.05, 0.1) is 39.3 Å². The highest BCUT2D eigenvalue weighted by Crippen LogP contribution is 2.05. The maximum atomic E-state index is 14.2. The Hall–Kier alpha value is -15.4. The first-order valence-corrected chi connectivity index (χ1v) is 39.3. The fourth-order valence-corrected chi connectivity index (χ4v) is 12.0. The first-order valence-electron chi connectivity index (χ1n) is 39.3. The number of hydrogen-bond acceptors (Lipinski definition) is 27. The molecule has 0 radical (unpaired) electrons. The average molecular weight is 1780 g/mol. The maximum Gasteiger partial charge on any atom is 0.328 e. The van der Waals surface area contributed by atoms with E-state index in [2.05, 4.69) is 42.2 Å². The van der Waals surface area contributed by atoms with Gasteiger partial charge in [0.25, 0.3) is 33.4 Å². The van der Waals surface area contributed by atoms with E-state index in [-0.39, 0.29) is 59.4 Å². The molecular weight excluding hydrogens is 1680 g/mol. The third kappa shape index (κ3) is 32.1. The lowest BCUT2D eigenvalue weighted by Crippen LogP contribution is -2.51. The van der Waals surface area contributed by atoms with Crippen molar-refractivity contribution in [3.05, 3.63) is 196 Å². The van der Waals surface area contributed by atoms with Crippen LogP contribution in [0.25, 0.3) is 0 Å². The molecule has 0 saturated heterocycles. The second-order valence-electron chi connectivity index (χ2n) is 29.1. The number of H-pyrrole nitrogens is 6. The highest BCUT2D eigenvalue weighted by Gasteiger charge is 2.29. The van der Waals surface area contributed by atoms with Crippen molar-refractivity contribution >= 4 is 82.7 Å². The van der Waals surface area contributed by atoms with Gasteiger partial charge in [-0.25, -0.2) is 28.8 Å². The zero-order chi connectivity index (χ0) is 94.2. The average Bonchev–Trinajstić information content (AvgIpc) is 0.860. The first-order chi connectivity index (χ1) is 59.9. The van der Waals surface area contributed by atoms with Crippen molar-refractivity contribution in [2.45, 2.75) is 113 Å². The number of nitrogens with one attached hydrogen (secondary N) is 13. The number of rotatable bonds is 48. The van der Waals surface area contributed by atoms with Gasteiger partial charge in [0, 0.05) is 156 Å². The van der Waals surface area contributed by atoms with Crippen LogP contribution in [-0.4, -0.2) is 300 Å². The Morgan fingerprint density at radius 1 is 0.307 bits per heavy atom. The highest BCUT2D eigenvalue weighted by atomic mass is 16.2. The molecule has 0 aliphatic carbocycles. The molecule has 1 atom stereocenters. The lowest BCUT2D eigenvalue weighted by atomic mass is 10.1. The molecule has 17 N–H and O–H groups in total. The van der Waals surface area contributed by atoms with E-state index in [1.807, 2.05) is 24.9 Å².